The number of rotatable bonds is 5. The minimum atomic E-state index is -4.51. The van der Waals surface area contributed by atoms with Crippen LogP contribution in [-0.4, -0.2) is 37.5 Å². The molecule has 0 aliphatic carbocycles. The largest absolute Gasteiger partial charge is 0.484 e. The Morgan fingerprint density at radius 1 is 0.971 bits per heavy atom. The molecule has 0 N–H and O–H groups in total. The van der Waals surface area contributed by atoms with Gasteiger partial charge in [0.1, 0.15) is 18.2 Å². The molecule has 1 aliphatic heterocycles. The number of aryl methyl sites for hydroxylation is 2. The molecule has 34 heavy (non-hydrogen) atoms. The van der Waals surface area contributed by atoms with Crippen LogP contribution < -0.4 is 19.3 Å². The number of halogens is 4. The highest BCUT2D eigenvalue weighted by atomic mass is 19.4. The zero-order valence-corrected chi connectivity index (χ0v) is 18.6. The smallest absolute Gasteiger partial charge is 0.422 e. The SMILES string of the molecule is COc1ccc(N2CN(c3ccc(F)cc3C)c3cc(OCC(F)(F)F)ccc3C2=O)c(C)n1. The third kappa shape index (κ3) is 4.61. The maximum atomic E-state index is 13.8. The second-order valence-corrected chi connectivity index (χ2v) is 7.77. The minimum Gasteiger partial charge on any atom is -0.484 e. The number of carbonyl (C=O) groups excluding carboxylic acids is 1. The first-order valence-corrected chi connectivity index (χ1v) is 10.3. The fourth-order valence-corrected chi connectivity index (χ4v) is 3.84. The monoisotopic (exact) mass is 475 g/mol. The lowest BCUT2D eigenvalue weighted by Crippen LogP contribution is -2.45. The van der Waals surface area contributed by atoms with E-state index in [0.717, 1.165) is 0 Å². The van der Waals surface area contributed by atoms with E-state index in [0.29, 0.717) is 34.2 Å². The zero-order valence-electron chi connectivity index (χ0n) is 18.6. The Kier molecular flexibility index (Phi) is 6.07. The molecule has 0 fully saturated rings. The minimum absolute atomic E-state index is 0.0237. The van der Waals surface area contributed by atoms with Gasteiger partial charge in [0.25, 0.3) is 5.91 Å². The number of fused-ring (bicyclic) bond motifs is 1. The van der Waals surface area contributed by atoms with Gasteiger partial charge in [-0.15, -0.1) is 0 Å². The van der Waals surface area contributed by atoms with Gasteiger partial charge >= 0.3 is 6.18 Å². The standard InChI is InChI=1S/C24H21F4N3O3/c1-14-10-16(25)4-7-19(14)30-13-31(20-8-9-22(33-3)29-15(20)2)23(32)18-6-5-17(11-21(18)30)34-12-24(26,27)28/h4-11H,12-13H2,1-3H3. The van der Waals surface area contributed by atoms with Crippen LogP contribution in [0.25, 0.3) is 0 Å². The van der Waals surface area contributed by atoms with Gasteiger partial charge in [0.2, 0.25) is 5.88 Å². The Morgan fingerprint density at radius 2 is 1.71 bits per heavy atom. The van der Waals surface area contributed by atoms with Crippen molar-refractivity contribution in [1.29, 1.82) is 0 Å². The van der Waals surface area contributed by atoms with Crippen molar-refractivity contribution >= 4 is 23.0 Å². The summed E-state index contributed by atoms with van der Waals surface area (Å²) in [6.45, 7) is 2.01. The van der Waals surface area contributed by atoms with Crippen molar-refractivity contribution in [3.05, 3.63) is 71.2 Å². The number of aromatic nitrogens is 1. The Bertz CT molecular complexity index is 1250. The molecule has 4 rings (SSSR count). The average molecular weight is 475 g/mol. The molecule has 2 aromatic carbocycles. The molecular formula is C24H21F4N3O3. The van der Waals surface area contributed by atoms with Gasteiger partial charge in [-0.25, -0.2) is 9.37 Å². The quantitative estimate of drug-likeness (QED) is 0.454. The van der Waals surface area contributed by atoms with E-state index in [9.17, 15) is 22.4 Å². The van der Waals surface area contributed by atoms with E-state index in [-0.39, 0.29) is 23.9 Å². The molecule has 1 aliphatic rings. The van der Waals surface area contributed by atoms with Crippen molar-refractivity contribution < 1.29 is 31.8 Å². The van der Waals surface area contributed by atoms with Gasteiger partial charge < -0.3 is 14.4 Å². The highest BCUT2D eigenvalue weighted by Gasteiger charge is 2.34. The van der Waals surface area contributed by atoms with E-state index in [1.807, 2.05) is 0 Å². The summed E-state index contributed by atoms with van der Waals surface area (Å²) in [4.78, 5) is 21.0. The summed E-state index contributed by atoms with van der Waals surface area (Å²) in [6, 6.07) is 11.7. The second-order valence-electron chi connectivity index (χ2n) is 7.77. The Morgan fingerprint density at radius 3 is 2.35 bits per heavy atom. The molecule has 0 saturated heterocycles. The van der Waals surface area contributed by atoms with E-state index < -0.39 is 18.6 Å². The summed E-state index contributed by atoms with van der Waals surface area (Å²) in [5.74, 6) is -0.430. The van der Waals surface area contributed by atoms with Crippen LogP contribution in [0, 0.1) is 19.7 Å². The van der Waals surface area contributed by atoms with Gasteiger partial charge in [0.05, 0.1) is 29.7 Å². The lowest BCUT2D eigenvalue weighted by Gasteiger charge is -2.39. The van der Waals surface area contributed by atoms with Crippen LogP contribution in [0.2, 0.25) is 0 Å². The number of amides is 1. The molecular weight excluding hydrogens is 454 g/mol. The summed E-state index contributed by atoms with van der Waals surface area (Å²) in [7, 11) is 1.49. The lowest BCUT2D eigenvalue weighted by atomic mass is 10.0. The van der Waals surface area contributed by atoms with Gasteiger partial charge in [-0.2, -0.15) is 13.2 Å². The van der Waals surface area contributed by atoms with Crippen LogP contribution in [0.15, 0.2) is 48.5 Å². The number of hydrogen-bond acceptors (Lipinski definition) is 5. The first kappa shape index (κ1) is 23.3. The Labute approximate surface area is 193 Å². The van der Waals surface area contributed by atoms with Crippen molar-refractivity contribution in [2.75, 3.05) is 30.2 Å². The highest BCUT2D eigenvalue weighted by molar-refractivity contribution is 6.13. The van der Waals surface area contributed by atoms with Gasteiger partial charge in [0.15, 0.2) is 6.61 Å². The number of pyridine rings is 1. The van der Waals surface area contributed by atoms with Crippen molar-refractivity contribution in [2.24, 2.45) is 0 Å². The van der Waals surface area contributed by atoms with E-state index in [1.54, 1.807) is 36.9 Å². The van der Waals surface area contributed by atoms with Crippen LogP contribution >= 0.6 is 0 Å². The lowest BCUT2D eigenvalue weighted by molar-refractivity contribution is -0.153. The maximum absolute atomic E-state index is 13.8. The maximum Gasteiger partial charge on any atom is 0.422 e. The first-order chi connectivity index (χ1) is 16.1. The van der Waals surface area contributed by atoms with E-state index in [2.05, 4.69) is 4.98 Å². The van der Waals surface area contributed by atoms with E-state index in [1.165, 1.54) is 42.3 Å². The van der Waals surface area contributed by atoms with Crippen molar-refractivity contribution in [3.63, 3.8) is 0 Å². The molecule has 0 atom stereocenters. The molecule has 0 radical (unpaired) electrons. The third-order valence-corrected chi connectivity index (χ3v) is 5.40. The number of benzene rings is 2. The summed E-state index contributed by atoms with van der Waals surface area (Å²) in [6.07, 6.45) is -4.51. The van der Waals surface area contributed by atoms with Gasteiger partial charge in [-0.1, -0.05) is 0 Å². The highest BCUT2D eigenvalue weighted by Crippen LogP contribution is 2.40. The topological polar surface area (TPSA) is 54.9 Å². The molecule has 3 aromatic rings. The summed E-state index contributed by atoms with van der Waals surface area (Å²) < 4.78 is 61.8. The number of carbonyl (C=O) groups is 1. The molecule has 0 bridgehead atoms. The van der Waals surface area contributed by atoms with Crippen molar-refractivity contribution in [3.8, 4) is 11.6 Å². The predicted octanol–water partition coefficient (Wildman–Crippen LogP) is 5.54. The summed E-state index contributed by atoms with van der Waals surface area (Å²) in [5.41, 5.74) is 2.88. The number of nitrogens with zero attached hydrogens (tertiary/aromatic N) is 3. The normalized spacial score (nSPS) is 13.7. The molecule has 6 nitrogen and oxygen atoms in total. The van der Waals surface area contributed by atoms with E-state index in [4.69, 9.17) is 9.47 Å². The van der Waals surface area contributed by atoms with Crippen molar-refractivity contribution in [2.45, 2.75) is 20.0 Å². The molecule has 10 heteroatoms. The zero-order chi connectivity index (χ0) is 24.6. The van der Waals surface area contributed by atoms with Gasteiger partial charge in [-0.05, 0) is 55.8 Å². The Hall–Kier alpha value is -3.82. The number of hydrogen-bond donors (Lipinski definition) is 0. The Balaban J connectivity index is 1.81. The second kappa shape index (κ2) is 8.85. The predicted molar refractivity (Wildman–Crippen MR) is 118 cm³/mol. The number of alkyl halides is 3. The van der Waals surface area contributed by atoms with Gasteiger partial charge in [0, 0.05) is 17.8 Å². The van der Waals surface area contributed by atoms with Crippen LogP contribution in [0.3, 0.4) is 0 Å². The molecule has 0 unspecified atom stereocenters. The molecule has 0 saturated carbocycles. The number of anilines is 3. The molecule has 2 heterocycles. The molecule has 1 aromatic heterocycles. The summed E-state index contributed by atoms with van der Waals surface area (Å²) >= 11 is 0. The molecule has 1 amide bonds. The first-order valence-electron chi connectivity index (χ1n) is 10.3. The van der Waals surface area contributed by atoms with Crippen molar-refractivity contribution in [1.82, 2.24) is 4.98 Å². The van der Waals surface area contributed by atoms with Crippen LogP contribution in [0.5, 0.6) is 11.6 Å². The van der Waals surface area contributed by atoms with Crippen LogP contribution in [-0.2, 0) is 0 Å². The van der Waals surface area contributed by atoms with E-state index >= 15 is 0 Å². The molecule has 178 valence electrons. The summed E-state index contributed by atoms with van der Waals surface area (Å²) in [5, 5.41) is 0. The third-order valence-electron chi connectivity index (χ3n) is 5.40. The fourth-order valence-electron chi connectivity index (χ4n) is 3.84. The average Bonchev–Trinajstić information content (AvgIpc) is 2.78. The number of methoxy groups -OCH3 is 1. The fraction of sp³-hybridized carbons (Fsp3) is 0.250. The molecule has 0 spiro atoms. The van der Waals surface area contributed by atoms with Gasteiger partial charge in [-0.3, -0.25) is 9.69 Å². The number of ether oxygens (including phenoxy) is 2. The van der Waals surface area contributed by atoms with Crippen LogP contribution in [0.4, 0.5) is 34.6 Å². The van der Waals surface area contributed by atoms with Crippen LogP contribution in [0.1, 0.15) is 21.6 Å².